The zero-order valence-electron chi connectivity index (χ0n) is 21.5. The van der Waals surface area contributed by atoms with Crippen LogP contribution in [-0.4, -0.2) is 72.2 Å². The highest BCUT2D eigenvalue weighted by atomic mass is 16.5. The van der Waals surface area contributed by atoms with E-state index < -0.39 is 0 Å². The topological polar surface area (TPSA) is 124 Å². The van der Waals surface area contributed by atoms with Crippen LogP contribution in [-0.2, 0) is 18.3 Å². The van der Waals surface area contributed by atoms with Crippen LogP contribution < -0.4 is 10.1 Å². The second kappa shape index (κ2) is 9.55. The third kappa shape index (κ3) is 5.23. The number of anilines is 1. The highest BCUT2D eigenvalue weighted by molar-refractivity contribution is 5.82. The zero-order valence-corrected chi connectivity index (χ0v) is 21.5. The average molecular weight is 480 g/mol. The Kier molecular flexibility index (Phi) is 6.68. The second-order valence-corrected chi connectivity index (χ2v) is 9.53. The first-order valence-corrected chi connectivity index (χ1v) is 11.8. The Labute approximate surface area is 205 Å². The van der Waals surface area contributed by atoms with Crippen LogP contribution in [0.4, 0.5) is 5.82 Å². The molecule has 4 heterocycles. The summed E-state index contributed by atoms with van der Waals surface area (Å²) in [5, 5.41) is 16.0. The van der Waals surface area contributed by atoms with Gasteiger partial charge in [-0.2, -0.15) is 9.78 Å². The van der Waals surface area contributed by atoms with Crippen LogP contribution in [0.1, 0.15) is 55.4 Å². The van der Waals surface area contributed by atoms with Gasteiger partial charge in [-0.3, -0.25) is 4.79 Å². The highest BCUT2D eigenvalue weighted by Crippen LogP contribution is 2.34. The molecule has 0 saturated heterocycles. The lowest BCUT2D eigenvalue weighted by molar-refractivity contribution is -0.131. The van der Waals surface area contributed by atoms with Crippen molar-refractivity contribution in [2.75, 3.05) is 26.0 Å². The molecule has 4 rings (SSSR count). The molecule has 0 fully saturated rings. The third-order valence-corrected chi connectivity index (χ3v) is 6.64. The monoisotopic (exact) mass is 479 g/mol. The molecule has 0 bridgehead atoms. The number of pyridine rings is 1. The maximum absolute atomic E-state index is 13.1. The number of rotatable bonds is 7. The second-order valence-electron chi connectivity index (χ2n) is 9.53. The SMILES string of the molecule is COc1cc([C@H](C)C(=O)N(C)CC[C@@]2(C)CCc3cc(-c4nnn(C)n4)c(C)nc3N2)nc(C)n1. The van der Waals surface area contributed by atoms with Crippen LogP contribution in [0, 0.1) is 13.8 Å². The van der Waals surface area contributed by atoms with Gasteiger partial charge in [-0.1, -0.05) is 0 Å². The molecule has 0 aliphatic carbocycles. The van der Waals surface area contributed by atoms with E-state index in [-0.39, 0.29) is 17.4 Å². The number of hydrogen-bond acceptors (Lipinski definition) is 9. The fourth-order valence-corrected chi connectivity index (χ4v) is 4.38. The van der Waals surface area contributed by atoms with Crippen molar-refractivity contribution in [1.29, 1.82) is 0 Å². The predicted octanol–water partition coefficient (Wildman–Crippen LogP) is 2.46. The summed E-state index contributed by atoms with van der Waals surface area (Å²) in [5.74, 6) is 2.14. The van der Waals surface area contributed by atoms with Crippen molar-refractivity contribution in [3.05, 3.63) is 34.9 Å². The highest BCUT2D eigenvalue weighted by Gasteiger charge is 2.32. The van der Waals surface area contributed by atoms with Gasteiger partial charge < -0.3 is 15.0 Å². The molecular weight excluding hydrogens is 446 g/mol. The number of nitrogens with one attached hydrogen (secondary N) is 1. The van der Waals surface area contributed by atoms with E-state index in [2.05, 4.69) is 43.7 Å². The number of carbonyl (C=O) groups is 1. The number of hydrogen-bond donors (Lipinski definition) is 1. The molecule has 0 spiro atoms. The summed E-state index contributed by atoms with van der Waals surface area (Å²) in [6.07, 6.45) is 2.60. The Hall–Kier alpha value is -3.63. The summed E-state index contributed by atoms with van der Waals surface area (Å²) in [7, 11) is 5.15. The van der Waals surface area contributed by atoms with Crippen LogP contribution in [0.2, 0.25) is 0 Å². The summed E-state index contributed by atoms with van der Waals surface area (Å²) < 4.78 is 5.24. The van der Waals surface area contributed by atoms with Gasteiger partial charge in [-0.05, 0) is 63.8 Å². The Morgan fingerprint density at radius 3 is 2.74 bits per heavy atom. The fraction of sp³-hybridized carbons (Fsp3) is 0.542. The van der Waals surface area contributed by atoms with Gasteiger partial charge in [0.25, 0.3) is 0 Å². The van der Waals surface area contributed by atoms with Gasteiger partial charge in [0.1, 0.15) is 11.6 Å². The van der Waals surface area contributed by atoms with E-state index in [1.165, 1.54) is 4.80 Å². The molecule has 0 saturated carbocycles. The maximum atomic E-state index is 13.1. The summed E-state index contributed by atoms with van der Waals surface area (Å²) in [5.41, 5.74) is 3.38. The van der Waals surface area contributed by atoms with Crippen LogP contribution in [0.25, 0.3) is 11.4 Å². The third-order valence-electron chi connectivity index (χ3n) is 6.64. The molecule has 3 aromatic heterocycles. The molecule has 11 nitrogen and oxygen atoms in total. The smallest absolute Gasteiger partial charge is 0.231 e. The molecule has 186 valence electrons. The van der Waals surface area contributed by atoms with E-state index in [0.29, 0.717) is 29.8 Å². The number of amides is 1. The number of likely N-dealkylation sites (N-methyl/N-ethyl adjacent to an activating group) is 1. The van der Waals surface area contributed by atoms with E-state index >= 15 is 0 Å². The van der Waals surface area contributed by atoms with Gasteiger partial charge in [0.05, 0.1) is 31.5 Å². The lowest BCUT2D eigenvalue weighted by Gasteiger charge is -2.38. The molecule has 1 aliphatic heterocycles. The van der Waals surface area contributed by atoms with Crippen molar-refractivity contribution >= 4 is 11.7 Å². The predicted molar refractivity (Wildman–Crippen MR) is 131 cm³/mol. The molecule has 35 heavy (non-hydrogen) atoms. The summed E-state index contributed by atoms with van der Waals surface area (Å²) in [4.78, 5) is 29.8. The first kappa shape index (κ1) is 24.5. The minimum atomic E-state index is -0.388. The van der Waals surface area contributed by atoms with Crippen molar-refractivity contribution in [1.82, 2.24) is 40.1 Å². The largest absolute Gasteiger partial charge is 0.481 e. The Bertz CT molecular complexity index is 1240. The van der Waals surface area contributed by atoms with E-state index in [1.54, 1.807) is 32.0 Å². The molecule has 1 N–H and O–H groups in total. The quantitative estimate of drug-likeness (QED) is 0.544. The molecule has 1 aliphatic rings. The van der Waals surface area contributed by atoms with Gasteiger partial charge in [-0.15, -0.1) is 10.2 Å². The van der Waals surface area contributed by atoms with E-state index in [1.807, 2.05) is 20.9 Å². The van der Waals surface area contributed by atoms with E-state index in [0.717, 1.165) is 41.9 Å². The molecule has 11 heteroatoms. The molecule has 3 aromatic rings. The summed E-state index contributed by atoms with van der Waals surface area (Å²) in [6, 6.07) is 3.83. The van der Waals surface area contributed by atoms with Crippen LogP contribution >= 0.6 is 0 Å². The number of aryl methyl sites for hydroxylation is 4. The first-order valence-electron chi connectivity index (χ1n) is 11.8. The van der Waals surface area contributed by atoms with Crippen molar-refractivity contribution in [3.63, 3.8) is 0 Å². The Morgan fingerprint density at radius 2 is 2.06 bits per heavy atom. The average Bonchev–Trinajstić information content (AvgIpc) is 3.26. The van der Waals surface area contributed by atoms with Crippen molar-refractivity contribution in [2.45, 2.75) is 58.4 Å². The van der Waals surface area contributed by atoms with Crippen molar-refractivity contribution in [3.8, 4) is 17.3 Å². The van der Waals surface area contributed by atoms with Gasteiger partial charge >= 0.3 is 0 Å². The van der Waals surface area contributed by atoms with Crippen LogP contribution in [0.15, 0.2) is 12.1 Å². The summed E-state index contributed by atoms with van der Waals surface area (Å²) >= 11 is 0. The molecule has 1 amide bonds. The normalized spacial score (nSPS) is 17.9. The maximum Gasteiger partial charge on any atom is 0.231 e. The van der Waals surface area contributed by atoms with E-state index in [9.17, 15) is 4.79 Å². The lowest BCUT2D eigenvalue weighted by Crippen LogP contribution is -2.43. The number of carbonyl (C=O) groups excluding carboxylic acids is 1. The lowest BCUT2D eigenvalue weighted by atomic mass is 9.85. The zero-order chi connectivity index (χ0) is 25.3. The van der Waals surface area contributed by atoms with Gasteiger partial charge in [0.2, 0.25) is 17.6 Å². The Balaban J connectivity index is 1.42. The van der Waals surface area contributed by atoms with E-state index in [4.69, 9.17) is 9.72 Å². The van der Waals surface area contributed by atoms with Gasteiger partial charge in [0.15, 0.2) is 0 Å². The number of nitrogens with zero attached hydrogens (tertiary/aromatic N) is 8. The van der Waals surface area contributed by atoms with Crippen LogP contribution in [0.5, 0.6) is 5.88 Å². The van der Waals surface area contributed by atoms with Crippen LogP contribution in [0.3, 0.4) is 0 Å². The molecule has 0 aromatic carbocycles. The van der Waals surface area contributed by atoms with Crippen molar-refractivity contribution < 1.29 is 9.53 Å². The fourth-order valence-electron chi connectivity index (χ4n) is 4.38. The number of methoxy groups -OCH3 is 1. The molecule has 2 atom stereocenters. The molecular formula is C24H33N9O2. The first-order chi connectivity index (χ1) is 16.6. The standard InChI is InChI=1S/C24H33N9O2/c1-14(19-13-20(35-7)27-16(3)26-19)23(34)32(5)11-10-24(4)9-8-17-12-18(15(2)25-21(17)28-24)22-29-31-33(6)30-22/h12-14H,8-11H2,1-7H3,(H,25,28)/t14-,24+/m0/s1. The summed E-state index contributed by atoms with van der Waals surface area (Å²) in [6.45, 7) is 8.42. The number of ether oxygens (including phenoxy) is 1. The number of fused-ring (bicyclic) bond motifs is 1. The van der Waals surface area contributed by atoms with Gasteiger partial charge in [-0.25, -0.2) is 9.97 Å². The molecule has 0 radical (unpaired) electrons. The minimum Gasteiger partial charge on any atom is -0.481 e. The molecule has 0 unspecified atom stereocenters. The number of tetrazole rings is 1. The number of aromatic nitrogens is 7. The van der Waals surface area contributed by atoms with Crippen molar-refractivity contribution in [2.24, 2.45) is 7.05 Å². The Morgan fingerprint density at radius 1 is 1.29 bits per heavy atom. The minimum absolute atomic E-state index is 0.0139. The van der Waals surface area contributed by atoms with Gasteiger partial charge in [0, 0.05) is 30.8 Å².